The molecule has 2 aromatic carbocycles. The predicted molar refractivity (Wildman–Crippen MR) is 115 cm³/mol. The van der Waals surface area contributed by atoms with Gasteiger partial charge in [-0.2, -0.15) is 0 Å². The van der Waals surface area contributed by atoms with Crippen molar-refractivity contribution < 1.29 is 14.3 Å². The summed E-state index contributed by atoms with van der Waals surface area (Å²) in [6, 6.07) is 20.6. The van der Waals surface area contributed by atoms with Crippen molar-refractivity contribution in [1.82, 2.24) is 10.2 Å². The van der Waals surface area contributed by atoms with E-state index in [9.17, 15) is 4.79 Å². The number of rotatable bonds is 5. The van der Waals surface area contributed by atoms with Gasteiger partial charge in [0.05, 0.1) is 12.6 Å². The first-order valence-corrected chi connectivity index (χ1v) is 10.3. The van der Waals surface area contributed by atoms with Gasteiger partial charge in [0.2, 0.25) is 0 Å². The average molecular weight is 397 g/mol. The fraction of sp³-hybridized carbons (Fsp3) is 0.458. The van der Waals surface area contributed by atoms with E-state index in [1.807, 2.05) is 64.2 Å². The van der Waals surface area contributed by atoms with Gasteiger partial charge in [-0.25, -0.2) is 4.79 Å². The van der Waals surface area contributed by atoms with Gasteiger partial charge in [-0.1, -0.05) is 60.7 Å². The molecule has 1 unspecified atom stereocenters. The highest BCUT2D eigenvalue weighted by Crippen LogP contribution is 2.33. The second kappa shape index (κ2) is 9.42. The van der Waals surface area contributed by atoms with Gasteiger partial charge in [-0.15, -0.1) is 0 Å². The van der Waals surface area contributed by atoms with E-state index in [4.69, 9.17) is 9.47 Å². The zero-order valence-electron chi connectivity index (χ0n) is 17.8. The molecule has 1 aliphatic rings. The maximum Gasteiger partial charge on any atom is 0.412 e. The Bertz CT molecular complexity index is 734. The van der Waals surface area contributed by atoms with Gasteiger partial charge < -0.3 is 14.8 Å². The maximum atomic E-state index is 12.9. The lowest BCUT2D eigenvalue weighted by Crippen LogP contribution is -2.58. The molecule has 1 aliphatic heterocycles. The lowest BCUT2D eigenvalue weighted by atomic mass is 9.83. The smallest absolute Gasteiger partial charge is 0.412 e. The second-order valence-corrected chi connectivity index (χ2v) is 8.40. The van der Waals surface area contributed by atoms with Crippen LogP contribution in [0.2, 0.25) is 0 Å². The molecule has 0 aromatic heterocycles. The molecule has 0 aliphatic carbocycles. The Morgan fingerprint density at radius 2 is 1.62 bits per heavy atom. The Hall–Kier alpha value is -2.37. The molecule has 1 heterocycles. The molecule has 1 amide bonds. The van der Waals surface area contributed by atoms with E-state index in [0.717, 1.165) is 6.42 Å². The van der Waals surface area contributed by atoms with Gasteiger partial charge in [-0.05, 0) is 45.4 Å². The Morgan fingerprint density at radius 3 is 2.10 bits per heavy atom. The zero-order valence-corrected chi connectivity index (χ0v) is 17.8. The standard InChI is InChI=1S/C24H32N2O3/c1-24(2,3)29-23(27)26-16-11-17-28-22(26)21(25-4)20(18-12-7-5-8-13-18)19-14-9-6-10-15-19/h5-10,12-15,20-22,25H,11,16-17H2,1-4H3/t21-,22?/m0/s1. The van der Waals surface area contributed by atoms with E-state index in [0.29, 0.717) is 13.2 Å². The molecule has 2 aromatic rings. The third-order valence-electron chi connectivity index (χ3n) is 5.08. The summed E-state index contributed by atoms with van der Waals surface area (Å²) < 4.78 is 11.8. The number of hydrogen-bond acceptors (Lipinski definition) is 4. The average Bonchev–Trinajstić information content (AvgIpc) is 2.72. The number of ether oxygens (including phenoxy) is 2. The van der Waals surface area contributed by atoms with E-state index in [-0.39, 0.29) is 18.1 Å². The summed E-state index contributed by atoms with van der Waals surface area (Å²) in [5, 5.41) is 3.44. The van der Waals surface area contributed by atoms with Gasteiger partial charge in [0.1, 0.15) is 5.60 Å². The van der Waals surface area contributed by atoms with Crippen LogP contribution in [0, 0.1) is 0 Å². The monoisotopic (exact) mass is 396 g/mol. The van der Waals surface area contributed by atoms with E-state index in [1.165, 1.54) is 11.1 Å². The van der Waals surface area contributed by atoms with Crippen LogP contribution in [-0.4, -0.2) is 49.1 Å². The first kappa shape index (κ1) is 21.3. The molecule has 0 radical (unpaired) electrons. The van der Waals surface area contributed by atoms with Crippen molar-refractivity contribution >= 4 is 6.09 Å². The van der Waals surface area contributed by atoms with Gasteiger partial charge in [-0.3, -0.25) is 4.90 Å². The highest BCUT2D eigenvalue weighted by atomic mass is 16.6. The fourth-order valence-electron chi connectivity index (χ4n) is 3.87. The van der Waals surface area contributed by atoms with Crippen molar-refractivity contribution in [2.24, 2.45) is 0 Å². The van der Waals surface area contributed by atoms with Crippen molar-refractivity contribution in [2.75, 3.05) is 20.2 Å². The first-order chi connectivity index (χ1) is 13.9. The van der Waals surface area contributed by atoms with E-state index >= 15 is 0 Å². The number of nitrogens with one attached hydrogen (secondary N) is 1. The topological polar surface area (TPSA) is 50.8 Å². The number of carbonyl (C=O) groups is 1. The number of carbonyl (C=O) groups excluding carboxylic acids is 1. The van der Waals surface area contributed by atoms with Crippen LogP contribution in [-0.2, 0) is 9.47 Å². The molecule has 0 saturated carbocycles. The summed E-state index contributed by atoms with van der Waals surface area (Å²) in [5.74, 6) is 0.0236. The predicted octanol–water partition coefficient (Wildman–Crippen LogP) is 4.39. The Balaban J connectivity index is 1.97. The van der Waals surface area contributed by atoms with Gasteiger partial charge in [0, 0.05) is 12.5 Å². The number of benzene rings is 2. The summed E-state index contributed by atoms with van der Waals surface area (Å²) in [7, 11) is 1.93. The fourth-order valence-corrected chi connectivity index (χ4v) is 3.87. The van der Waals surface area contributed by atoms with E-state index in [2.05, 4.69) is 29.6 Å². The number of amides is 1. The summed E-state index contributed by atoms with van der Waals surface area (Å²) in [6.07, 6.45) is 0.0457. The minimum Gasteiger partial charge on any atom is -0.444 e. The first-order valence-electron chi connectivity index (χ1n) is 10.3. The van der Waals surface area contributed by atoms with Gasteiger partial charge >= 0.3 is 6.09 Å². The van der Waals surface area contributed by atoms with Gasteiger partial charge in [0.15, 0.2) is 6.23 Å². The van der Waals surface area contributed by atoms with Crippen LogP contribution >= 0.6 is 0 Å². The molecule has 156 valence electrons. The molecule has 1 saturated heterocycles. The highest BCUT2D eigenvalue weighted by Gasteiger charge is 2.40. The van der Waals surface area contributed by atoms with Crippen LogP contribution in [0.1, 0.15) is 44.2 Å². The van der Waals surface area contributed by atoms with E-state index < -0.39 is 11.8 Å². The summed E-state index contributed by atoms with van der Waals surface area (Å²) >= 11 is 0. The maximum absolute atomic E-state index is 12.9. The molecule has 0 spiro atoms. The minimum atomic E-state index is -0.549. The second-order valence-electron chi connectivity index (χ2n) is 8.40. The summed E-state index contributed by atoms with van der Waals surface area (Å²) in [4.78, 5) is 14.7. The lowest BCUT2D eigenvalue weighted by Gasteiger charge is -2.43. The quantitative estimate of drug-likeness (QED) is 0.814. The molecule has 5 nitrogen and oxygen atoms in total. The number of hydrogen-bond donors (Lipinski definition) is 1. The van der Waals surface area contributed by atoms with Crippen molar-refractivity contribution in [3.8, 4) is 0 Å². The van der Waals surface area contributed by atoms with Crippen LogP contribution in [0.5, 0.6) is 0 Å². The number of likely N-dealkylation sites (N-methyl/N-ethyl adjacent to an activating group) is 1. The molecule has 2 atom stereocenters. The summed E-state index contributed by atoms with van der Waals surface area (Å²) in [6.45, 7) is 6.90. The normalized spacial score (nSPS) is 18.5. The van der Waals surface area contributed by atoms with Crippen molar-refractivity contribution in [1.29, 1.82) is 0 Å². The van der Waals surface area contributed by atoms with Gasteiger partial charge in [0.25, 0.3) is 0 Å². The molecule has 0 bridgehead atoms. The van der Waals surface area contributed by atoms with Crippen molar-refractivity contribution in [2.45, 2.75) is 51.0 Å². The molecular formula is C24H32N2O3. The molecule has 3 rings (SSSR count). The Morgan fingerprint density at radius 1 is 1.07 bits per heavy atom. The third kappa shape index (κ3) is 5.37. The molecule has 29 heavy (non-hydrogen) atoms. The summed E-state index contributed by atoms with van der Waals surface area (Å²) in [5.41, 5.74) is 1.81. The molecule has 5 heteroatoms. The van der Waals surface area contributed by atoms with Crippen LogP contribution < -0.4 is 5.32 Å². The van der Waals surface area contributed by atoms with E-state index in [1.54, 1.807) is 4.90 Å². The Kier molecular flexibility index (Phi) is 6.93. The molecule has 1 fully saturated rings. The molecular weight excluding hydrogens is 364 g/mol. The number of nitrogens with zero attached hydrogens (tertiary/aromatic N) is 1. The van der Waals surface area contributed by atoms with Crippen LogP contribution in [0.4, 0.5) is 4.79 Å². The third-order valence-corrected chi connectivity index (χ3v) is 5.08. The Labute approximate surface area is 174 Å². The highest BCUT2D eigenvalue weighted by molar-refractivity contribution is 5.68. The van der Waals surface area contributed by atoms with Crippen LogP contribution in [0.3, 0.4) is 0 Å². The largest absolute Gasteiger partial charge is 0.444 e. The van der Waals surface area contributed by atoms with Crippen LogP contribution in [0.15, 0.2) is 60.7 Å². The molecule has 1 N–H and O–H groups in total. The van der Waals surface area contributed by atoms with Crippen molar-refractivity contribution in [3.05, 3.63) is 71.8 Å². The van der Waals surface area contributed by atoms with Crippen LogP contribution in [0.25, 0.3) is 0 Å². The SMILES string of the molecule is CN[C@@H](C(c1ccccc1)c1ccccc1)C1OCCCN1C(=O)OC(C)(C)C. The van der Waals surface area contributed by atoms with Crippen molar-refractivity contribution in [3.63, 3.8) is 0 Å². The lowest BCUT2D eigenvalue weighted by molar-refractivity contribution is -0.112. The zero-order chi connectivity index (χ0) is 20.9. The minimum absolute atomic E-state index is 0.0236.